The van der Waals surface area contributed by atoms with E-state index < -0.39 is 23.6 Å². The standard InChI is InChI=1S/C21H22F2N4O4/c22-15-6-14(7-16(23)8-15)18-3-4-31-27(18)21(29)13-2-1-12(5-13)10-30-19-9-17(20(24)28)25-11-26-19/h6-9,11-13,18H,1-5,10H2,(H2,24,28). The lowest BCUT2D eigenvalue weighted by atomic mass is 10.0. The highest BCUT2D eigenvalue weighted by molar-refractivity contribution is 5.90. The normalized spacial score (nSPS) is 23.2. The first-order valence-corrected chi connectivity index (χ1v) is 10.1. The fraction of sp³-hybridized carbons (Fsp3) is 0.429. The van der Waals surface area contributed by atoms with Gasteiger partial charge in [0.1, 0.15) is 23.7 Å². The number of nitrogens with zero attached hydrogens (tertiary/aromatic N) is 3. The summed E-state index contributed by atoms with van der Waals surface area (Å²) in [7, 11) is 0. The van der Waals surface area contributed by atoms with E-state index in [1.165, 1.54) is 29.6 Å². The van der Waals surface area contributed by atoms with Crippen molar-refractivity contribution in [2.45, 2.75) is 31.7 Å². The number of aromatic nitrogens is 2. The smallest absolute Gasteiger partial charge is 0.267 e. The first-order valence-electron chi connectivity index (χ1n) is 10.1. The van der Waals surface area contributed by atoms with Crippen LogP contribution in [-0.4, -0.2) is 40.1 Å². The van der Waals surface area contributed by atoms with Crippen LogP contribution in [0.2, 0.25) is 0 Å². The molecule has 8 nitrogen and oxygen atoms in total. The van der Waals surface area contributed by atoms with Gasteiger partial charge in [0.25, 0.3) is 5.91 Å². The maximum absolute atomic E-state index is 13.6. The van der Waals surface area contributed by atoms with Crippen molar-refractivity contribution in [1.82, 2.24) is 15.0 Å². The summed E-state index contributed by atoms with van der Waals surface area (Å²) in [5, 5.41) is 1.27. The van der Waals surface area contributed by atoms with Gasteiger partial charge in [-0.15, -0.1) is 0 Å². The first-order chi connectivity index (χ1) is 14.9. The second-order valence-corrected chi connectivity index (χ2v) is 7.80. The molecule has 4 rings (SSSR count). The molecule has 3 unspecified atom stereocenters. The number of carbonyl (C=O) groups is 2. The number of carbonyl (C=O) groups excluding carboxylic acids is 2. The average molecular weight is 432 g/mol. The summed E-state index contributed by atoms with van der Waals surface area (Å²) in [5.41, 5.74) is 5.65. The van der Waals surface area contributed by atoms with E-state index in [0.29, 0.717) is 38.0 Å². The molecule has 1 saturated heterocycles. The van der Waals surface area contributed by atoms with Crippen LogP contribution in [0.1, 0.15) is 47.8 Å². The summed E-state index contributed by atoms with van der Waals surface area (Å²) in [6, 6.07) is 4.13. The topological polar surface area (TPSA) is 108 Å². The molecule has 31 heavy (non-hydrogen) atoms. The number of rotatable bonds is 6. The van der Waals surface area contributed by atoms with E-state index in [1.807, 2.05) is 0 Å². The van der Waals surface area contributed by atoms with Crippen LogP contribution in [0.5, 0.6) is 5.88 Å². The second kappa shape index (κ2) is 8.93. The summed E-state index contributed by atoms with van der Waals surface area (Å²) in [4.78, 5) is 37.5. The monoisotopic (exact) mass is 432 g/mol. The minimum atomic E-state index is -0.684. The molecule has 2 aliphatic rings. The number of hydrogen-bond acceptors (Lipinski definition) is 6. The van der Waals surface area contributed by atoms with Gasteiger partial charge in [0.15, 0.2) is 0 Å². The van der Waals surface area contributed by atoms with Gasteiger partial charge in [-0.25, -0.2) is 23.8 Å². The van der Waals surface area contributed by atoms with E-state index >= 15 is 0 Å². The molecule has 164 valence electrons. The Balaban J connectivity index is 1.35. The van der Waals surface area contributed by atoms with Crippen molar-refractivity contribution in [3.8, 4) is 5.88 Å². The van der Waals surface area contributed by atoms with Crippen LogP contribution in [0, 0.1) is 23.5 Å². The summed E-state index contributed by atoms with van der Waals surface area (Å²) in [6.45, 7) is 0.641. The van der Waals surface area contributed by atoms with Crippen LogP contribution in [0.4, 0.5) is 8.78 Å². The number of nitrogens with two attached hydrogens (primary N) is 1. The highest BCUT2D eigenvalue weighted by Crippen LogP contribution is 2.38. The van der Waals surface area contributed by atoms with E-state index in [-0.39, 0.29) is 29.3 Å². The highest BCUT2D eigenvalue weighted by atomic mass is 19.1. The lowest BCUT2D eigenvalue weighted by molar-refractivity contribution is -0.181. The van der Waals surface area contributed by atoms with Gasteiger partial charge in [-0.2, -0.15) is 0 Å². The average Bonchev–Trinajstić information content (AvgIpc) is 3.41. The zero-order valence-electron chi connectivity index (χ0n) is 16.7. The molecule has 2 N–H and O–H groups in total. The number of benzene rings is 1. The molecule has 1 aromatic heterocycles. The van der Waals surface area contributed by atoms with Crippen molar-refractivity contribution >= 4 is 11.8 Å². The van der Waals surface area contributed by atoms with Crippen LogP contribution < -0.4 is 10.5 Å². The first kappa shape index (κ1) is 21.1. The van der Waals surface area contributed by atoms with Gasteiger partial charge in [-0.3, -0.25) is 14.4 Å². The summed E-state index contributed by atoms with van der Waals surface area (Å²) in [5.74, 6) is -2.12. The minimum absolute atomic E-state index is 0.0653. The van der Waals surface area contributed by atoms with Gasteiger partial charge in [-0.05, 0) is 42.9 Å². The van der Waals surface area contributed by atoms with E-state index in [1.54, 1.807) is 0 Å². The van der Waals surface area contributed by atoms with Crippen LogP contribution >= 0.6 is 0 Å². The molecule has 2 fully saturated rings. The molecule has 2 amide bonds. The quantitative estimate of drug-likeness (QED) is 0.752. The van der Waals surface area contributed by atoms with Gasteiger partial charge in [0.05, 0.1) is 19.3 Å². The third-order valence-corrected chi connectivity index (χ3v) is 5.64. The third-order valence-electron chi connectivity index (χ3n) is 5.64. The zero-order valence-corrected chi connectivity index (χ0v) is 16.7. The SMILES string of the molecule is NC(=O)c1cc(OCC2CCC(C(=O)N3OCCC3c3cc(F)cc(F)c3)C2)ncn1. The number of primary amides is 1. The van der Waals surface area contributed by atoms with Crippen LogP contribution in [0.25, 0.3) is 0 Å². The molecule has 2 heterocycles. The summed E-state index contributed by atoms with van der Waals surface area (Å²) in [6.07, 6.45) is 3.71. The zero-order chi connectivity index (χ0) is 22.0. The molecule has 1 aliphatic heterocycles. The van der Waals surface area contributed by atoms with E-state index in [0.717, 1.165) is 12.5 Å². The summed E-state index contributed by atoms with van der Waals surface area (Å²) < 4.78 is 32.9. The highest BCUT2D eigenvalue weighted by Gasteiger charge is 2.39. The lowest BCUT2D eigenvalue weighted by Crippen LogP contribution is -2.34. The fourth-order valence-corrected chi connectivity index (χ4v) is 4.14. The van der Waals surface area contributed by atoms with E-state index in [2.05, 4.69) is 9.97 Å². The third kappa shape index (κ3) is 4.79. The van der Waals surface area contributed by atoms with Crippen molar-refractivity contribution in [1.29, 1.82) is 0 Å². The molecular formula is C21H22F2N4O4. The summed E-state index contributed by atoms with van der Waals surface area (Å²) >= 11 is 0. The maximum atomic E-state index is 13.6. The Labute approximate surface area is 177 Å². The molecule has 0 spiro atoms. The number of hydrogen-bond donors (Lipinski definition) is 1. The number of halogens is 2. The van der Waals surface area contributed by atoms with E-state index in [4.69, 9.17) is 15.3 Å². The Bertz CT molecular complexity index is 969. The minimum Gasteiger partial charge on any atom is -0.477 e. The molecule has 0 bridgehead atoms. The van der Waals surface area contributed by atoms with Gasteiger partial charge in [0, 0.05) is 24.5 Å². The molecule has 3 atom stereocenters. The maximum Gasteiger partial charge on any atom is 0.267 e. The lowest BCUT2D eigenvalue weighted by Gasteiger charge is -2.25. The molecule has 0 radical (unpaired) electrons. The van der Waals surface area contributed by atoms with Gasteiger partial charge in [0.2, 0.25) is 11.8 Å². The van der Waals surface area contributed by atoms with Gasteiger partial charge >= 0.3 is 0 Å². The molecule has 1 aliphatic carbocycles. The van der Waals surface area contributed by atoms with Crippen molar-refractivity contribution in [2.75, 3.05) is 13.2 Å². The van der Waals surface area contributed by atoms with Crippen LogP contribution in [0.15, 0.2) is 30.6 Å². The van der Waals surface area contributed by atoms with Gasteiger partial charge < -0.3 is 10.5 Å². The molecule has 1 aromatic carbocycles. The Morgan fingerprint density at radius 3 is 2.65 bits per heavy atom. The molecular weight excluding hydrogens is 410 g/mol. The van der Waals surface area contributed by atoms with Crippen LogP contribution in [-0.2, 0) is 9.63 Å². The predicted octanol–water partition coefficient (Wildman–Crippen LogP) is 2.55. The van der Waals surface area contributed by atoms with Crippen LogP contribution in [0.3, 0.4) is 0 Å². The van der Waals surface area contributed by atoms with Crippen molar-refractivity contribution in [3.63, 3.8) is 0 Å². The van der Waals surface area contributed by atoms with Crippen molar-refractivity contribution < 1.29 is 27.9 Å². The Kier molecular flexibility index (Phi) is 6.08. The largest absolute Gasteiger partial charge is 0.477 e. The van der Waals surface area contributed by atoms with Crippen molar-refractivity contribution in [2.24, 2.45) is 17.6 Å². The molecule has 10 heteroatoms. The predicted molar refractivity (Wildman–Crippen MR) is 103 cm³/mol. The van der Waals surface area contributed by atoms with Gasteiger partial charge in [-0.1, -0.05) is 0 Å². The molecule has 2 aromatic rings. The second-order valence-electron chi connectivity index (χ2n) is 7.80. The van der Waals surface area contributed by atoms with Crippen molar-refractivity contribution in [3.05, 3.63) is 53.5 Å². The number of amides is 2. The van der Waals surface area contributed by atoms with E-state index in [9.17, 15) is 18.4 Å². The molecule has 1 saturated carbocycles. The fourth-order valence-electron chi connectivity index (χ4n) is 4.14. The Morgan fingerprint density at radius 1 is 1.13 bits per heavy atom. The Morgan fingerprint density at radius 2 is 1.90 bits per heavy atom. The Hall–Kier alpha value is -3.14. The number of ether oxygens (including phenoxy) is 1. The number of hydroxylamine groups is 2.